The van der Waals surface area contributed by atoms with Gasteiger partial charge in [0.2, 0.25) is 12.7 Å². The molecule has 1 aromatic carbocycles. The number of halogens is 1. The molecule has 110 valence electrons. The van der Waals surface area contributed by atoms with Gasteiger partial charge in [0.25, 0.3) is 0 Å². The minimum Gasteiger partial charge on any atom is -0.454 e. The number of hydrogen-bond donors (Lipinski definition) is 2. The van der Waals surface area contributed by atoms with Gasteiger partial charge in [0.05, 0.1) is 22.9 Å². The van der Waals surface area contributed by atoms with E-state index < -0.39 is 0 Å². The lowest BCUT2D eigenvalue weighted by Crippen LogP contribution is -2.08. The molecule has 0 fully saturated rings. The average Bonchev–Trinajstić information content (AvgIpc) is 3.04. The van der Waals surface area contributed by atoms with Gasteiger partial charge in [0.1, 0.15) is 0 Å². The third-order valence-electron chi connectivity index (χ3n) is 2.96. The summed E-state index contributed by atoms with van der Waals surface area (Å²) in [5.41, 5.74) is 1.58. The molecule has 0 atom stereocenters. The van der Waals surface area contributed by atoms with Gasteiger partial charge in [-0.25, -0.2) is 0 Å². The lowest BCUT2D eigenvalue weighted by atomic mass is 10.2. The van der Waals surface area contributed by atoms with E-state index in [9.17, 15) is 4.79 Å². The first-order valence-corrected chi connectivity index (χ1v) is 7.56. The highest BCUT2D eigenvalue weighted by molar-refractivity contribution is 7.10. The second kappa shape index (κ2) is 5.83. The minimum atomic E-state index is -0.0873. The summed E-state index contributed by atoms with van der Waals surface area (Å²) in [6, 6.07) is 5.43. The Labute approximate surface area is 130 Å². The van der Waals surface area contributed by atoms with Crippen LogP contribution in [0, 0.1) is 0 Å². The van der Waals surface area contributed by atoms with Crippen molar-refractivity contribution in [2.75, 3.05) is 17.4 Å². The molecule has 1 aliphatic heterocycles. The molecular formula is C14H13ClN2O3S. The Morgan fingerprint density at radius 2 is 2.10 bits per heavy atom. The van der Waals surface area contributed by atoms with Crippen LogP contribution in [0.25, 0.3) is 0 Å². The highest BCUT2D eigenvalue weighted by Crippen LogP contribution is 2.39. The van der Waals surface area contributed by atoms with E-state index in [1.807, 2.05) is 17.5 Å². The number of fused-ring (bicyclic) bond motifs is 1. The summed E-state index contributed by atoms with van der Waals surface area (Å²) < 4.78 is 10.6. The highest BCUT2D eigenvalue weighted by Gasteiger charge is 2.16. The largest absolute Gasteiger partial charge is 0.454 e. The first-order chi connectivity index (χ1) is 10.1. The summed E-state index contributed by atoms with van der Waals surface area (Å²) in [7, 11) is 0. The first-order valence-electron chi connectivity index (χ1n) is 6.30. The highest BCUT2D eigenvalue weighted by atomic mass is 35.5. The fraction of sp³-hybridized carbons (Fsp3) is 0.214. The molecule has 0 spiro atoms. The van der Waals surface area contributed by atoms with Crippen LogP contribution in [0.15, 0.2) is 23.6 Å². The van der Waals surface area contributed by atoms with Crippen molar-refractivity contribution in [3.63, 3.8) is 0 Å². The number of hydrogen-bond acceptors (Lipinski definition) is 5. The number of benzene rings is 1. The molecule has 1 amide bonds. The van der Waals surface area contributed by atoms with Gasteiger partial charge in [-0.15, -0.1) is 11.3 Å². The van der Waals surface area contributed by atoms with Crippen LogP contribution in [0.4, 0.5) is 11.4 Å². The molecule has 0 saturated carbocycles. The Morgan fingerprint density at radius 3 is 2.86 bits per heavy atom. The van der Waals surface area contributed by atoms with E-state index >= 15 is 0 Å². The van der Waals surface area contributed by atoms with Crippen LogP contribution in [-0.4, -0.2) is 12.7 Å². The summed E-state index contributed by atoms with van der Waals surface area (Å²) in [6.45, 7) is 2.27. The lowest BCUT2D eigenvalue weighted by Gasteiger charge is -2.10. The second-order valence-corrected chi connectivity index (χ2v) is 5.89. The fourth-order valence-corrected chi connectivity index (χ4v) is 3.00. The molecule has 2 N–H and O–H groups in total. The van der Waals surface area contributed by atoms with E-state index in [2.05, 4.69) is 10.6 Å². The molecule has 1 aromatic heterocycles. The van der Waals surface area contributed by atoms with Gasteiger partial charge >= 0.3 is 0 Å². The van der Waals surface area contributed by atoms with Gasteiger partial charge in [-0.1, -0.05) is 11.6 Å². The number of rotatable bonds is 4. The lowest BCUT2D eigenvalue weighted by molar-refractivity contribution is -0.114. The van der Waals surface area contributed by atoms with E-state index in [-0.39, 0.29) is 12.7 Å². The SMILES string of the molecule is CC(=O)Nc1ccsc1CNc1cc2c(cc1Cl)OCO2. The van der Waals surface area contributed by atoms with E-state index in [0.29, 0.717) is 23.1 Å². The summed E-state index contributed by atoms with van der Waals surface area (Å²) in [5.74, 6) is 1.24. The summed E-state index contributed by atoms with van der Waals surface area (Å²) in [6.07, 6.45) is 0. The number of carbonyl (C=O) groups is 1. The predicted molar refractivity (Wildman–Crippen MR) is 83.5 cm³/mol. The van der Waals surface area contributed by atoms with Crippen LogP contribution < -0.4 is 20.1 Å². The molecule has 0 bridgehead atoms. The molecule has 2 heterocycles. The maximum atomic E-state index is 11.1. The molecule has 2 aromatic rings. The van der Waals surface area contributed by atoms with Crippen LogP contribution in [0.3, 0.4) is 0 Å². The van der Waals surface area contributed by atoms with Crippen LogP contribution in [0.5, 0.6) is 11.5 Å². The fourth-order valence-electron chi connectivity index (χ4n) is 2.01. The Morgan fingerprint density at radius 1 is 1.33 bits per heavy atom. The van der Waals surface area contributed by atoms with Gasteiger partial charge in [-0.05, 0) is 11.4 Å². The molecule has 0 saturated heterocycles. The summed E-state index contributed by atoms with van der Waals surface area (Å²) >= 11 is 7.77. The summed E-state index contributed by atoms with van der Waals surface area (Å²) in [5, 5.41) is 8.55. The number of ether oxygens (including phenoxy) is 2. The smallest absolute Gasteiger partial charge is 0.231 e. The molecule has 7 heteroatoms. The normalized spacial score (nSPS) is 12.3. The van der Waals surface area contributed by atoms with Crippen molar-refractivity contribution in [3.05, 3.63) is 33.5 Å². The van der Waals surface area contributed by atoms with Gasteiger partial charge in [0.15, 0.2) is 11.5 Å². The van der Waals surface area contributed by atoms with Gasteiger partial charge in [-0.3, -0.25) is 4.79 Å². The van der Waals surface area contributed by atoms with Crippen molar-refractivity contribution in [2.45, 2.75) is 13.5 Å². The second-order valence-electron chi connectivity index (χ2n) is 4.48. The number of anilines is 2. The average molecular weight is 325 g/mol. The predicted octanol–water partition coefficient (Wildman–Crippen LogP) is 3.70. The zero-order valence-electron chi connectivity index (χ0n) is 11.2. The van der Waals surface area contributed by atoms with Gasteiger partial charge < -0.3 is 20.1 Å². The standard InChI is InChI=1S/C14H13ClN2O3S/c1-8(18)17-10-2-3-21-14(10)6-16-11-5-13-12(4-9(11)15)19-7-20-13/h2-5,16H,6-7H2,1H3,(H,17,18). The third-order valence-corrected chi connectivity index (χ3v) is 4.19. The third kappa shape index (κ3) is 3.06. The number of thiophene rings is 1. The topological polar surface area (TPSA) is 59.6 Å². The number of carbonyl (C=O) groups excluding carboxylic acids is 1. The summed E-state index contributed by atoms with van der Waals surface area (Å²) in [4.78, 5) is 12.2. The quantitative estimate of drug-likeness (QED) is 0.900. The zero-order valence-corrected chi connectivity index (χ0v) is 12.8. The maximum Gasteiger partial charge on any atom is 0.231 e. The minimum absolute atomic E-state index is 0.0873. The number of amides is 1. The van der Waals surface area contributed by atoms with E-state index in [1.165, 1.54) is 6.92 Å². The first kappa shape index (κ1) is 14.0. The Kier molecular flexibility index (Phi) is 3.90. The molecule has 3 rings (SSSR count). The van der Waals surface area contributed by atoms with Crippen molar-refractivity contribution in [3.8, 4) is 11.5 Å². The Bertz CT molecular complexity index is 687. The van der Waals surface area contributed by atoms with Crippen molar-refractivity contribution in [2.24, 2.45) is 0 Å². The van der Waals surface area contributed by atoms with E-state index in [4.69, 9.17) is 21.1 Å². The van der Waals surface area contributed by atoms with E-state index in [1.54, 1.807) is 17.4 Å². The van der Waals surface area contributed by atoms with E-state index in [0.717, 1.165) is 16.3 Å². The Hall–Kier alpha value is -1.92. The van der Waals surface area contributed by atoms with Gasteiger partial charge in [-0.2, -0.15) is 0 Å². The molecule has 21 heavy (non-hydrogen) atoms. The van der Waals surface area contributed by atoms with Crippen LogP contribution >= 0.6 is 22.9 Å². The molecule has 0 aliphatic carbocycles. The van der Waals surface area contributed by atoms with Crippen molar-refractivity contribution in [1.82, 2.24) is 0 Å². The monoisotopic (exact) mass is 324 g/mol. The van der Waals surface area contributed by atoms with Crippen LogP contribution in [-0.2, 0) is 11.3 Å². The van der Waals surface area contributed by atoms with Crippen LogP contribution in [0.1, 0.15) is 11.8 Å². The molecular weight excluding hydrogens is 312 g/mol. The Balaban J connectivity index is 1.73. The zero-order chi connectivity index (χ0) is 14.8. The molecule has 0 radical (unpaired) electrons. The molecule has 0 unspecified atom stereocenters. The van der Waals surface area contributed by atoms with Gasteiger partial charge in [0, 0.05) is 23.9 Å². The van der Waals surface area contributed by atoms with Crippen molar-refractivity contribution in [1.29, 1.82) is 0 Å². The number of nitrogens with one attached hydrogen (secondary N) is 2. The van der Waals surface area contributed by atoms with Crippen molar-refractivity contribution >= 4 is 40.2 Å². The molecule has 1 aliphatic rings. The maximum absolute atomic E-state index is 11.1. The van der Waals surface area contributed by atoms with Crippen molar-refractivity contribution < 1.29 is 14.3 Å². The molecule has 5 nitrogen and oxygen atoms in total. The van der Waals surface area contributed by atoms with Crippen LogP contribution in [0.2, 0.25) is 5.02 Å².